The number of primary amides is 1. The van der Waals surface area contributed by atoms with Gasteiger partial charge in [0.15, 0.2) is 5.69 Å². The molecule has 1 saturated heterocycles. The van der Waals surface area contributed by atoms with E-state index in [0.29, 0.717) is 47.3 Å². The quantitative estimate of drug-likeness (QED) is 0.553. The van der Waals surface area contributed by atoms with Crippen molar-refractivity contribution in [2.24, 2.45) is 5.73 Å². The Morgan fingerprint density at radius 1 is 1.24 bits per heavy atom. The molecule has 1 aromatic carbocycles. The van der Waals surface area contributed by atoms with E-state index in [2.05, 4.69) is 10.1 Å². The highest BCUT2D eigenvalue weighted by Crippen LogP contribution is 2.23. The molecule has 1 unspecified atom stereocenters. The number of nitrogens with two attached hydrogens (primary N) is 1. The number of carbonyl (C=O) groups excluding carboxylic acids is 3. The Bertz CT molecular complexity index is 1220. The molecule has 33 heavy (non-hydrogen) atoms. The SMILES string of the molecule is NC(=O)c1nn(CC(=O)N2CCCCC2C(=O)N(F)Cc2cccc(Cl)c2)c2cnccc12. The number of amides is 3. The number of fused-ring (bicyclic) bond motifs is 1. The van der Waals surface area contributed by atoms with Crippen LogP contribution in [-0.2, 0) is 22.7 Å². The molecule has 0 aliphatic carbocycles. The number of piperidine rings is 1. The van der Waals surface area contributed by atoms with Crippen LogP contribution in [0.4, 0.5) is 4.48 Å². The molecule has 2 N–H and O–H groups in total. The summed E-state index contributed by atoms with van der Waals surface area (Å²) in [6.45, 7) is -0.185. The van der Waals surface area contributed by atoms with Crippen molar-refractivity contribution < 1.29 is 18.9 Å². The topological polar surface area (TPSA) is 114 Å². The summed E-state index contributed by atoms with van der Waals surface area (Å²) < 4.78 is 16.1. The van der Waals surface area contributed by atoms with Crippen LogP contribution in [0.5, 0.6) is 0 Å². The summed E-state index contributed by atoms with van der Waals surface area (Å²) in [6, 6.07) is 7.26. The zero-order chi connectivity index (χ0) is 23.5. The molecule has 11 heteroatoms. The highest BCUT2D eigenvalue weighted by atomic mass is 35.5. The lowest BCUT2D eigenvalue weighted by Gasteiger charge is -2.35. The lowest BCUT2D eigenvalue weighted by Crippen LogP contribution is -2.52. The maximum absolute atomic E-state index is 14.8. The van der Waals surface area contributed by atoms with Gasteiger partial charge in [-0.15, -0.1) is 0 Å². The fourth-order valence-electron chi connectivity index (χ4n) is 4.06. The first-order chi connectivity index (χ1) is 15.8. The van der Waals surface area contributed by atoms with Gasteiger partial charge in [-0.1, -0.05) is 28.2 Å². The zero-order valence-corrected chi connectivity index (χ0v) is 18.4. The molecule has 3 amide bonds. The van der Waals surface area contributed by atoms with E-state index in [-0.39, 0.29) is 23.9 Å². The molecule has 1 aliphatic rings. The molecular weight excluding hydrogens is 451 g/mol. The summed E-state index contributed by atoms with van der Waals surface area (Å²) in [5, 5.41) is 5.21. The van der Waals surface area contributed by atoms with Crippen molar-refractivity contribution in [2.45, 2.75) is 38.4 Å². The number of nitrogens with zero attached hydrogens (tertiary/aromatic N) is 5. The van der Waals surface area contributed by atoms with Crippen LogP contribution in [0.25, 0.3) is 10.9 Å². The second-order valence-electron chi connectivity index (χ2n) is 7.85. The molecule has 4 rings (SSSR count). The Balaban J connectivity index is 1.52. The summed E-state index contributed by atoms with van der Waals surface area (Å²) in [7, 11) is 0. The van der Waals surface area contributed by atoms with Crippen molar-refractivity contribution in [2.75, 3.05) is 6.54 Å². The molecule has 0 radical (unpaired) electrons. The number of halogens is 2. The van der Waals surface area contributed by atoms with Gasteiger partial charge in [-0.05, 0) is 43.0 Å². The van der Waals surface area contributed by atoms with Crippen molar-refractivity contribution in [3.63, 3.8) is 0 Å². The van der Waals surface area contributed by atoms with Gasteiger partial charge < -0.3 is 10.6 Å². The smallest absolute Gasteiger partial charge is 0.273 e. The highest BCUT2D eigenvalue weighted by molar-refractivity contribution is 6.30. The Hall–Kier alpha value is -3.53. The normalized spacial score (nSPS) is 16.1. The fourth-order valence-corrected chi connectivity index (χ4v) is 4.28. The van der Waals surface area contributed by atoms with Crippen molar-refractivity contribution in [3.8, 4) is 0 Å². The Labute approximate surface area is 193 Å². The third-order valence-electron chi connectivity index (χ3n) is 5.63. The number of hydrogen-bond acceptors (Lipinski definition) is 5. The lowest BCUT2D eigenvalue weighted by molar-refractivity contribution is -0.160. The lowest BCUT2D eigenvalue weighted by atomic mass is 10.0. The van der Waals surface area contributed by atoms with Gasteiger partial charge in [0.2, 0.25) is 5.91 Å². The van der Waals surface area contributed by atoms with Gasteiger partial charge in [0.05, 0.1) is 18.3 Å². The van der Waals surface area contributed by atoms with E-state index in [1.807, 2.05) is 0 Å². The van der Waals surface area contributed by atoms with Crippen molar-refractivity contribution in [1.82, 2.24) is 24.8 Å². The molecule has 3 aromatic rings. The summed E-state index contributed by atoms with van der Waals surface area (Å²) in [5.74, 6) is -1.92. The third-order valence-corrected chi connectivity index (χ3v) is 5.87. The number of pyridine rings is 1. The van der Waals surface area contributed by atoms with Gasteiger partial charge in [0.25, 0.3) is 11.8 Å². The monoisotopic (exact) mass is 472 g/mol. The highest BCUT2D eigenvalue weighted by Gasteiger charge is 2.35. The molecule has 9 nitrogen and oxygen atoms in total. The summed E-state index contributed by atoms with van der Waals surface area (Å²) in [5.41, 5.74) is 6.44. The number of hydrogen-bond donors (Lipinski definition) is 1. The minimum atomic E-state index is -0.925. The van der Waals surface area contributed by atoms with E-state index >= 15 is 0 Å². The molecule has 0 saturated carbocycles. The van der Waals surface area contributed by atoms with Crippen molar-refractivity contribution in [1.29, 1.82) is 0 Å². The van der Waals surface area contributed by atoms with E-state index in [1.165, 1.54) is 22.0 Å². The largest absolute Gasteiger partial charge is 0.364 e. The van der Waals surface area contributed by atoms with Gasteiger partial charge in [-0.3, -0.25) is 24.0 Å². The minimum absolute atomic E-state index is 0.0305. The van der Waals surface area contributed by atoms with Crippen molar-refractivity contribution >= 4 is 40.2 Å². The average Bonchev–Trinajstić information content (AvgIpc) is 3.17. The predicted octanol–water partition coefficient (Wildman–Crippen LogP) is 2.48. The van der Waals surface area contributed by atoms with Crippen LogP contribution in [0.1, 0.15) is 35.3 Å². The van der Waals surface area contributed by atoms with E-state index in [1.54, 1.807) is 30.3 Å². The number of rotatable bonds is 6. The number of benzene rings is 1. The maximum Gasteiger partial charge on any atom is 0.273 e. The van der Waals surface area contributed by atoms with Crippen LogP contribution >= 0.6 is 11.6 Å². The van der Waals surface area contributed by atoms with Crippen LogP contribution in [-0.4, -0.2) is 55.1 Å². The Morgan fingerprint density at radius 2 is 2.06 bits per heavy atom. The van der Waals surface area contributed by atoms with Crippen LogP contribution in [0.2, 0.25) is 5.02 Å². The number of aromatic nitrogens is 3. The first-order valence-electron chi connectivity index (χ1n) is 10.5. The molecule has 0 spiro atoms. The minimum Gasteiger partial charge on any atom is -0.364 e. The van der Waals surface area contributed by atoms with Gasteiger partial charge >= 0.3 is 0 Å². The number of likely N-dealkylation sites (tertiary alicyclic amines) is 1. The van der Waals surface area contributed by atoms with Crippen LogP contribution in [0, 0.1) is 0 Å². The standard InChI is InChI=1S/C22H22ClFN6O3/c23-15-5-3-4-14(10-15)12-29(24)22(33)17-6-1-2-9-28(17)19(31)13-30-18-11-26-8-7-16(18)20(27-30)21(25)32/h3-5,7-8,10-11,17H,1-2,6,9,12-13H2,(H2,25,32). The maximum atomic E-state index is 14.8. The van der Waals surface area contributed by atoms with E-state index < -0.39 is 23.8 Å². The molecule has 0 bridgehead atoms. The third kappa shape index (κ3) is 4.80. The molecule has 1 fully saturated rings. The average molecular weight is 473 g/mol. The van der Waals surface area contributed by atoms with E-state index in [4.69, 9.17) is 17.3 Å². The zero-order valence-electron chi connectivity index (χ0n) is 17.7. The van der Waals surface area contributed by atoms with Gasteiger partial charge in [-0.2, -0.15) is 10.2 Å². The molecule has 1 aliphatic heterocycles. The van der Waals surface area contributed by atoms with Crippen molar-refractivity contribution in [3.05, 3.63) is 59.0 Å². The summed E-state index contributed by atoms with van der Waals surface area (Å²) in [4.78, 5) is 43.2. The van der Waals surface area contributed by atoms with E-state index in [9.17, 15) is 18.9 Å². The Morgan fingerprint density at radius 3 is 2.82 bits per heavy atom. The van der Waals surface area contributed by atoms with Gasteiger partial charge in [0.1, 0.15) is 12.6 Å². The fraction of sp³-hybridized carbons (Fsp3) is 0.318. The first kappa shape index (κ1) is 22.7. The van der Waals surface area contributed by atoms with Crippen LogP contribution < -0.4 is 5.73 Å². The summed E-state index contributed by atoms with van der Waals surface area (Å²) in [6.07, 6.45) is 4.73. The van der Waals surface area contributed by atoms with Crippen LogP contribution in [0.3, 0.4) is 0 Å². The van der Waals surface area contributed by atoms with Gasteiger partial charge in [-0.25, -0.2) is 0 Å². The predicted molar refractivity (Wildman–Crippen MR) is 119 cm³/mol. The summed E-state index contributed by atoms with van der Waals surface area (Å²) >= 11 is 5.94. The number of carbonyl (C=O) groups is 3. The Kier molecular flexibility index (Phi) is 6.55. The molecule has 2 aromatic heterocycles. The molecule has 172 valence electrons. The second-order valence-corrected chi connectivity index (χ2v) is 8.29. The second kappa shape index (κ2) is 9.53. The first-order valence-corrected chi connectivity index (χ1v) is 10.8. The van der Waals surface area contributed by atoms with Gasteiger partial charge in [0, 0.05) is 23.2 Å². The molecule has 3 heterocycles. The van der Waals surface area contributed by atoms with E-state index in [0.717, 1.165) is 0 Å². The van der Waals surface area contributed by atoms with Crippen LogP contribution in [0.15, 0.2) is 42.7 Å². The molecular formula is C22H22ClFN6O3. The molecule has 1 atom stereocenters.